The number of ether oxygens (including phenoxy) is 4. The van der Waals surface area contributed by atoms with Crippen LogP contribution in [-0.2, 0) is 29.8 Å². The lowest BCUT2D eigenvalue weighted by Crippen LogP contribution is -2.58. The molecular formula is C30H50O6. The molecule has 2 N–H and O–H groups in total. The average molecular weight is 507 g/mol. The van der Waals surface area contributed by atoms with Crippen LogP contribution in [0.1, 0.15) is 97.6 Å². The average Bonchev–Trinajstić information content (AvgIpc) is 2.78. The Morgan fingerprint density at radius 3 is 1.50 bits per heavy atom. The van der Waals surface area contributed by atoms with Gasteiger partial charge in [0.15, 0.2) is 12.6 Å². The molecule has 206 valence electrons. The Morgan fingerprint density at radius 1 is 0.722 bits per heavy atom. The fraction of sp³-hybridized carbons (Fsp3) is 0.800. The summed E-state index contributed by atoms with van der Waals surface area (Å²) in [7, 11) is 0. The predicted octanol–water partition coefficient (Wildman–Crippen LogP) is 5.40. The van der Waals surface area contributed by atoms with Gasteiger partial charge in [0.25, 0.3) is 0 Å². The van der Waals surface area contributed by atoms with Crippen molar-refractivity contribution in [2.24, 2.45) is 16.2 Å². The van der Waals surface area contributed by atoms with Crippen LogP contribution < -0.4 is 0 Å². The van der Waals surface area contributed by atoms with Crippen LogP contribution in [0.2, 0.25) is 0 Å². The summed E-state index contributed by atoms with van der Waals surface area (Å²) in [5.41, 5.74) is 2.98. The lowest BCUT2D eigenvalue weighted by atomic mass is 9.68. The van der Waals surface area contributed by atoms with E-state index in [0.29, 0.717) is 19.8 Å². The second-order valence-electron chi connectivity index (χ2n) is 14.5. The van der Waals surface area contributed by atoms with Gasteiger partial charge in [-0.15, -0.1) is 0 Å². The molecule has 2 atom stereocenters. The molecule has 6 nitrogen and oxygen atoms in total. The van der Waals surface area contributed by atoms with E-state index >= 15 is 0 Å². The van der Waals surface area contributed by atoms with Crippen molar-refractivity contribution in [1.82, 2.24) is 0 Å². The van der Waals surface area contributed by atoms with Gasteiger partial charge >= 0.3 is 0 Å². The molecule has 2 heterocycles. The molecule has 0 bridgehead atoms. The highest BCUT2D eigenvalue weighted by Gasteiger charge is 2.55. The van der Waals surface area contributed by atoms with Crippen LogP contribution in [0.15, 0.2) is 12.1 Å². The van der Waals surface area contributed by atoms with Crippen molar-refractivity contribution in [1.29, 1.82) is 0 Å². The number of hydrogen-bond acceptors (Lipinski definition) is 6. The smallest absolute Gasteiger partial charge is 0.165 e. The van der Waals surface area contributed by atoms with E-state index in [1.165, 1.54) is 22.3 Å². The largest absolute Gasteiger partial charge is 0.396 e. The third kappa shape index (κ3) is 5.69. The Morgan fingerprint density at radius 2 is 1.11 bits per heavy atom. The molecule has 0 saturated carbocycles. The first kappa shape index (κ1) is 29.5. The van der Waals surface area contributed by atoms with Crippen molar-refractivity contribution in [3.63, 3.8) is 0 Å². The normalized spacial score (nSPS) is 28.5. The number of aryl methyl sites for hydroxylation is 1. The molecule has 2 aliphatic heterocycles. The maximum atomic E-state index is 10.1. The molecule has 3 rings (SSSR count). The lowest BCUT2D eigenvalue weighted by Gasteiger charge is -2.53. The van der Waals surface area contributed by atoms with Crippen LogP contribution in [0.4, 0.5) is 0 Å². The molecule has 0 aliphatic carbocycles. The third-order valence-electron chi connectivity index (χ3n) is 7.68. The van der Waals surface area contributed by atoms with E-state index in [-0.39, 0.29) is 30.1 Å². The molecule has 1 spiro atoms. The van der Waals surface area contributed by atoms with Crippen molar-refractivity contribution in [2.75, 3.05) is 33.0 Å². The fourth-order valence-electron chi connectivity index (χ4n) is 5.14. The van der Waals surface area contributed by atoms with E-state index in [2.05, 4.69) is 60.6 Å². The summed E-state index contributed by atoms with van der Waals surface area (Å²) in [5, 5.41) is 20.0. The van der Waals surface area contributed by atoms with Gasteiger partial charge in [-0.1, -0.05) is 86.9 Å². The highest BCUT2D eigenvalue weighted by atomic mass is 16.7. The van der Waals surface area contributed by atoms with Crippen LogP contribution >= 0.6 is 0 Å². The zero-order chi connectivity index (χ0) is 27.3. The molecule has 0 aromatic heterocycles. The Kier molecular flexibility index (Phi) is 8.15. The fourth-order valence-corrected chi connectivity index (χ4v) is 5.14. The molecule has 1 aromatic carbocycles. The minimum absolute atomic E-state index is 0.0336. The van der Waals surface area contributed by atoms with Gasteiger partial charge in [0.05, 0.1) is 44.6 Å². The molecule has 0 amide bonds. The second-order valence-corrected chi connectivity index (χ2v) is 14.5. The lowest BCUT2D eigenvalue weighted by molar-refractivity contribution is -0.362. The first-order valence-corrected chi connectivity index (χ1v) is 13.3. The van der Waals surface area contributed by atoms with Gasteiger partial charge in [0.2, 0.25) is 0 Å². The Hall–Kier alpha value is -1.02. The Labute approximate surface area is 218 Å². The SMILES string of the molecule is Cc1cc(C(C)(C)C)c(C2OC(C(C)(C)CO)OCC23COC(C(C)(C)CO)OC3)c(C(C)(C)C)c1. The molecule has 2 unspecified atom stereocenters. The van der Waals surface area contributed by atoms with Gasteiger partial charge in [0, 0.05) is 10.8 Å². The molecule has 1 aromatic rings. The van der Waals surface area contributed by atoms with Gasteiger partial charge in [-0.25, -0.2) is 0 Å². The Balaban J connectivity index is 2.20. The summed E-state index contributed by atoms with van der Waals surface area (Å²) >= 11 is 0. The molecule has 2 aliphatic rings. The van der Waals surface area contributed by atoms with E-state index in [9.17, 15) is 10.2 Å². The minimum atomic E-state index is -0.577. The van der Waals surface area contributed by atoms with Crippen LogP contribution in [0.3, 0.4) is 0 Å². The van der Waals surface area contributed by atoms with Crippen molar-refractivity contribution in [2.45, 2.75) is 106 Å². The summed E-state index contributed by atoms with van der Waals surface area (Å²) < 4.78 is 25.8. The van der Waals surface area contributed by atoms with E-state index in [1.807, 2.05) is 27.7 Å². The molecule has 2 saturated heterocycles. The van der Waals surface area contributed by atoms with Gasteiger partial charge < -0.3 is 29.2 Å². The van der Waals surface area contributed by atoms with Crippen LogP contribution in [0.25, 0.3) is 0 Å². The van der Waals surface area contributed by atoms with Crippen molar-refractivity contribution in [3.05, 3.63) is 34.4 Å². The number of aliphatic hydroxyl groups excluding tert-OH is 2. The van der Waals surface area contributed by atoms with Crippen molar-refractivity contribution in [3.8, 4) is 0 Å². The van der Waals surface area contributed by atoms with Crippen LogP contribution in [0, 0.1) is 23.2 Å². The predicted molar refractivity (Wildman–Crippen MR) is 142 cm³/mol. The van der Waals surface area contributed by atoms with E-state index in [0.717, 1.165) is 0 Å². The van der Waals surface area contributed by atoms with Gasteiger partial charge in [-0.3, -0.25) is 0 Å². The molecular weight excluding hydrogens is 456 g/mol. The summed E-state index contributed by atoms with van der Waals surface area (Å²) in [6.45, 7) is 24.5. The summed E-state index contributed by atoms with van der Waals surface area (Å²) in [4.78, 5) is 0. The molecule has 36 heavy (non-hydrogen) atoms. The Bertz CT molecular complexity index is 869. The second kappa shape index (κ2) is 9.94. The quantitative estimate of drug-likeness (QED) is 0.557. The van der Waals surface area contributed by atoms with Gasteiger partial charge in [-0.05, 0) is 34.4 Å². The van der Waals surface area contributed by atoms with E-state index in [4.69, 9.17) is 18.9 Å². The summed E-state index contributed by atoms with van der Waals surface area (Å²) in [5.74, 6) is 0. The van der Waals surface area contributed by atoms with Crippen LogP contribution in [0.5, 0.6) is 0 Å². The maximum absolute atomic E-state index is 10.1. The number of benzene rings is 1. The first-order valence-electron chi connectivity index (χ1n) is 13.3. The van der Waals surface area contributed by atoms with Crippen molar-refractivity contribution < 1.29 is 29.2 Å². The number of aliphatic hydroxyl groups is 2. The van der Waals surface area contributed by atoms with Crippen molar-refractivity contribution >= 4 is 0 Å². The molecule has 6 heteroatoms. The monoisotopic (exact) mass is 506 g/mol. The van der Waals surface area contributed by atoms with Gasteiger partial charge in [-0.2, -0.15) is 0 Å². The molecule has 0 radical (unpaired) electrons. The highest BCUT2D eigenvalue weighted by Crippen LogP contribution is 2.52. The third-order valence-corrected chi connectivity index (χ3v) is 7.68. The zero-order valence-corrected chi connectivity index (χ0v) is 24.4. The zero-order valence-electron chi connectivity index (χ0n) is 24.4. The number of rotatable bonds is 5. The first-order chi connectivity index (χ1) is 16.4. The standard InChI is InChI=1S/C30H50O6/c1-19-12-20(26(2,3)4)22(21(13-19)27(5,6)7)23-30(18-35-25(36-23)29(10,11)15-32)16-33-24(34-17-30)28(8,9)14-31/h12-13,23-25,31-32H,14-18H2,1-11H3. The summed E-state index contributed by atoms with van der Waals surface area (Å²) in [6.07, 6.45) is -1.45. The topological polar surface area (TPSA) is 77.4 Å². The molecule has 2 fully saturated rings. The van der Waals surface area contributed by atoms with E-state index < -0.39 is 28.8 Å². The number of hydrogen-bond donors (Lipinski definition) is 2. The summed E-state index contributed by atoms with van der Waals surface area (Å²) in [6, 6.07) is 4.57. The van der Waals surface area contributed by atoms with E-state index in [1.54, 1.807) is 0 Å². The highest BCUT2D eigenvalue weighted by molar-refractivity contribution is 5.48. The maximum Gasteiger partial charge on any atom is 0.165 e. The minimum Gasteiger partial charge on any atom is -0.396 e. The van der Waals surface area contributed by atoms with Crippen LogP contribution in [-0.4, -0.2) is 55.8 Å². The van der Waals surface area contributed by atoms with Gasteiger partial charge in [0.1, 0.15) is 0 Å².